The molecular weight excluding hydrogens is 264 g/mol. The van der Waals surface area contributed by atoms with Crippen molar-refractivity contribution in [3.63, 3.8) is 0 Å². The van der Waals surface area contributed by atoms with Crippen LogP contribution in [0.15, 0.2) is 0 Å². The Hall–Kier alpha value is -1.18. The van der Waals surface area contributed by atoms with Gasteiger partial charge in [-0.3, -0.25) is 9.59 Å². The summed E-state index contributed by atoms with van der Waals surface area (Å²) in [5.41, 5.74) is 0. The molecule has 2 rings (SSSR count). The van der Waals surface area contributed by atoms with Gasteiger partial charge in [-0.25, -0.2) is 0 Å². The maximum atomic E-state index is 11.9. The Balaban J connectivity index is 2.07. The van der Waals surface area contributed by atoms with Crippen LogP contribution in [0, 0.1) is 0 Å². The molecule has 0 saturated carbocycles. The zero-order chi connectivity index (χ0) is 14.6. The highest BCUT2D eigenvalue weighted by molar-refractivity contribution is 5.77. The maximum absolute atomic E-state index is 11.9. The molecule has 114 valence electrons. The number of ether oxygens (including phenoxy) is 3. The molecule has 0 N–H and O–H groups in total. The van der Waals surface area contributed by atoms with E-state index in [9.17, 15) is 9.59 Å². The minimum absolute atomic E-state index is 0.00110. The highest BCUT2D eigenvalue weighted by Crippen LogP contribution is 2.24. The van der Waals surface area contributed by atoms with Gasteiger partial charge in [-0.1, -0.05) is 0 Å². The molecular formula is C13H22N2O5. The third-order valence-electron chi connectivity index (χ3n) is 3.59. The molecule has 0 bridgehead atoms. The average molecular weight is 286 g/mol. The number of carbonyl (C=O) groups excluding carboxylic acids is 2. The number of carbonyl (C=O) groups is 2. The van der Waals surface area contributed by atoms with E-state index in [1.807, 2.05) is 0 Å². The van der Waals surface area contributed by atoms with Gasteiger partial charge in [0, 0.05) is 27.1 Å². The molecule has 2 fully saturated rings. The molecule has 20 heavy (non-hydrogen) atoms. The number of hydrogen-bond acceptors (Lipinski definition) is 5. The quantitative estimate of drug-likeness (QED) is 0.682. The summed E-state index contributed by atoms with van der Waals surface area (Å²) in [6.45, 7) is 4.39. The van der Waals surface area contributed by atoms with E-state index >= 15 is 0 Å². The smallest absolute Gasteiger partial charge is 0.248 e. The lowest BCUT2D eigenvalue weighted by molar-refractivity contribution is -0.264. The first-order valence-corrected chi connectivity index (χ1v) is 6.86. The predicted octanol–water partition coefficient (Wildman–Crippen LogP) is -0.543. The number of hydrogen-bond donors (Lipinski definition) is 0. The first-order valence-electron chi connectivity index (χ1n) is 6.86. The standard InChI is InChI=1S/C13H22N2O5/c1-11(16)14-4-3-6-19-13(9-14)10-15(5-7-20-13)12(17)8-18-2/h3-10H2,1-2H3. The number of methoxy groups -OCH3 is 1. The molecule has 2 saturated heterocycles. The monoisotopic (exact) mass is 286 g/mol. The van der Waals surface area contributed by atoms with Crippen LogP contribution in [0.5, 0.6) is 0 Å². The molecule has 7 nitrogen and oxygen atoms in total. The average Bonchev–Trinajstić information content (AvgIpc) is 2.62. The fourth-order valence-electron chi connectivity index (χ4n) is 2.57. The Bertz CT molecular complexity index is 376. The Kier molecular flexibility index (Phi) is 4.95. The van der Waals surface area contributed by atoms with E-state index in [0.717, 1.165) is 6.42 Å². The fraction of sp³-hybridized carbons (Fsp3) is 0.846. The molecule has 0 aromatic heterocycles. The van der Waals surface area contributed by atoms with Crippen LogP contribution in [0.25, 0.3) is 0 Å². The van der Waals surface area contributed by atoms with Gasteiger partial charge in [0.1, 0.15) is 6.61 Å². The van der Waals surface area contributed by atoms with Crippen LogP contribution >= 0.6 is 0 Å². The van der Waals surface area contributed by atoms with Gasteiger partial charge < -0.3 is 24.0 Å². The highest BCUT2D eigenvalue weighted by atomic mass is 16.7. The van der Waals surface area contributed by atoms with Crippen molar-refractivity contribution in [2.45, 2.75) is 19.1 Å². The molecule has 2 amide bonds. The van der Waals surface area contributed by atoms with E-state index in [-0.39, 0.29) is 18.4 Å². The Labute approximate surface area is 118 Å². The molecule has 2 aliphatic heterocycles. The zero-order valence-corrected chi connectivity index (χ0v) is 12.1. The predicted molar refractivity (Wildman–Crippen MR) is 70.0 cm³/mol. The van der Waals surface area contributed by atoms with Crippen LogP contribution < -0.4 is 0 Å². The zero-order valence-electron chi connectivity index (χ0n) is 12.1. The molecule has 1 atom stereocenters. The van der Waals surface area contributed by atoms with Gasteiger partial charge in [0.25, 0.3) is 0 Å². The second-order valence-corrected chi connectivity index (χ2v) is 5.15. The first kappa shape index (κ1) is 15.2. The molecule has 0 aromatic rings. The number of rotatable bonds is 2. The fourth-order valence-corrected chi connectivity index (χ4v) is 2.57. The van der Waals surface area contributed by atoms with E-state index in [1.165, 1.54) is 14.0 Å². The molecule has 0 radical (unpaired) electrons. The van der Waals surface area contributed by atoms with Gasteiger partial charge in [0.05, 0.1) is 26.3 Å². The van der Waals surface area contributed by atoms with Gasteiger partial charge in [-0.15, -0.1) is 0 Å². The molecule has 1 spiro atoms. The summed E-state index contributed by atoms with van der Waals surface area (Å²) in [5, 5.41) is 0. The lowest BCUT2D eigenvalue weighted by Gasteiger charge is -2.42. The molecule has 2 heterocycles. The minimum Gasteiger partial charge on any atom is -0.375 e. The highest BCUT2D eigenvalue weighted by Gasteiger charge is 2.42. The summed E-state index contributed by atoms with van der Waals surface area (Å²) in [6, 6.07) is 0. The largest absolute Gasteiger partial charge is 0.375 e. The molecule has 0 aromatic carbocycles. The summed E-state index contributed by atoms with van der Waals surface area (Å²) in [6.07, 6.45) is 0.775. The van der Waals surface area contributed by atoms with E-state index in [1.54, 1.807) is 9.80 Å². The molecule has 7 heteroatoms. The Morgan fingerprint density at radius 2 is 1.85 bits per heavy atom. The second kappa shape index (κ2) is 6.51. The van der Waals surface area contributed by atoms with Crippen LogP contribution in [0.2, 0.25) is 0 Å². The SMILES string of the molecule is COCC(=O)N1CCOC2(CN(C(C)=O)CCCO2)C1. The lowest BCUT2D eigenvalue weighted by atomic mass is 10.2. The van der Waals surface area contributed by atoms with Crippen molar-refractivity contribution in [2.75, 3.05) is 53.1 Å². The first-order chi connectivity index (χ1) is 9.56. The summed E-state index contributed by atoms with van der Waals surface area (Å²) < 4.78 is 16.5. The Morgan fingerprint density at radius 3 is 2.55 bits per heavy atom. The number of amides is 2. The van der Waals surface area contributed by atoms with Crippen molar-refractivity contribution in [1.29, 1.82) is 0 Å². The van der Waals surface area contributed by atoms with Crippen molar-refractivity contribution >= 4 is 11.8 Å². The van der Waals surface area contributed by atoms with Crippen molar-refractivity contribution in [3.8, 4) is 0 Å². The van der Waals surface area contributed by atoms with Crippen LogP contribution in [0.3, 0.4) is 0 Å². The molecule has 2 aliphatic rings. The summed E-state index contributed by atoms with van der Waals surface area (Å²) in [5.74, 6) is -0.986. The number of nitrogens with zero attached hydrogens (tertiary/aromatic N) is 2. The normalized spacial score (nSPS) is 27.5. The van der Waals surface area contributed by atoms with E-state index in [0.29, 0.717) is 39.4 Å². The summed E-state index contributed by atoms with van der Waals surface area (Å²) in [7, 11) is 1.49. The summed E-state index contributed by atoms with van der Waals surface area (Å²) >= 11 is 0. The number of morpholine rings is 1. The Morgan fingerprint density at radius 1 is 1.15 bits per heavy atom. The molecule has 1 unspecified atom stereocenters. The van der Waals surface area contributed by atoms with Crippen molar-refractivity contribution < 1.29 is 23.8 Å². The third-order valence-corrected chi connectivity index (χ3v) is 3.59. The van der Waals surface area contributed by atoms with Gasteiger partial charge in [0.15, 0.2) is 0 Å². The van der Waals surface area contributed by atoms with Gasteiger partial charge >= 0.3 is 0 Å². The topological polar surface area (TPSA) is 68.3 Å². The van der Waals surface area contributed by atoms with Crippen LogP contribution in [-0.2, 0) is 23.8 Å². The van der Waals surface area contributed by atoms with Crippen LogP contribution in [-0.4, -0.2) is 80.5 Å². The van der Waals surface area contributed by atoms with E-state index in [4.69, 9.17) is 14.2 Å². The minimum atomic E-state index is -0.899. The van der Waals surface area contributed by atoms with Crippen molar-refractivity contribution in [2.24, 2.45) is 0 Å². The molecule has 0 aliphatic carbocycles. The lowest BCUT2D eigenvalue weighted by Crippen LogP contribution is -2.60. The summed E-state index contributed by atoms with van der Waals surface area (Å²) in [4.78, 5) is 26.9. The second-order valence-electron chi connectivity index (χ2n) is 5.15. The van der Waals surface area contributed by atoms with Crippen LogP contribution in [0.4, 0.5) is 0 Å². The van der Waals surface area contributed by atoms with Crippen molar-refractivity contribution in [1.82, 2.24) is 9.80 Å². The van der Waals surface area contributed by atoms with Gasteiger partial charge in [-0.2, -0.15) is 0 Å². The van der Waals surface area contributed by atoms with Gasteiger partial charge in [-0.05, 0) is 6.42 Å². The third kappa shape index (κ3) is 3.47. The van der Waals surface area contributed by atoms with Gasteiger partial charge in [0.2, 0.25) is 17.6 Å². The van der Waals surface area contributed by atoms with E-state index < -0.39 is 5.79 Å². The van der Waals surface area contributed by atoms with E-state index in [2.05, 4.69) is 0 Å². The van der Waals surface area contributed by atoms with Crippen LogP contribution in [0.1, 0.15) is 13.3 Å². The van der Waals surface area contributed by atoms with Crippen molar-refractivity contribution in [3.05, 3.63) is 0 Å². The maximum Gasteiger partial charge on any atom is 0.248 e.